The molecular formula is C28H32N6O3. The molecule has 2 aliphatic heterocycles. The first kappa shape index (κ1) is 20.2. The highest BCUT2D eigenvalue weighted by Crippen LogP contribution is 2.40. The van der Waals surface area contributed by atoms with Crippen LogP contribution in [-0.2, 0) is 31.6 Å². The fourth-order valence-corrected chi connectivity index (χ4v) is 5.47. The molecule has 1 aromatic carbocycles. The SMILES string of the molecule is [2H]C([2H])([2H])n1cc(-c2cc3c(cc2OC)CCc2c(C(=O)N4CCOCC4(C)C)nc(-c4cccn4C)n2-3)cn1. The summed E-state index contributed by atoms with van der Waals surface area (Å²) in [6.45, 7) is 3.10. The van der Waals surface area contributed by atoms with Crippen molar-refractivity contribution in [3.63, 3.8) is 0 Å². The molecule has 37 heavy (non-hydrogen) atoms. The monoisotopic (exact) mass is 503 g/mol. The minimum Gasteiger partial charge on any atom is -0.496 e. The molecule has 0 bridgehead atoms. The van der Waals surface area contributed by atoms with Crippen LogP contribution in [0.1, 0.15) is 39.7 Å². The van der Waals surface area contributed by atoms with Crippen molar-refractivity contribution < 1.29 is 18.4 Å². The van der Waals surface area contributed by atoms with Gasteiger partial charge in [0.1, 0.15) is 5.75 Å². The van der Waals surface area contributed by atoms with Crippen LogP contribution in [0.4, 0.5) is 0 Å². The summed E-state index contributed by atoms with van der Waals surface area (Å²) in [7, 11) is 3.55. The number of carbonyl (C=O) groups is 1. The Morgan fingerprint density at radius 2 is 2.14 bits per heavy atom. The van der Waals surface area contributed by atoms with Crippen LogP contribution in [0.5, 0.6) is 5.75 Å². The fourth-order valence-electron chi connectivity index (χ4n) is 5.47. The summed E-state index contributed by atoms with van der Waals surface area (Å²) < 4.78 is 39.6. The summed E-state index contributed by atoms with van der Waals surface area (Å²) in [5.74, 6) is 1.19. The van der Waals surface area contributed by atoms with E-state index in [1.165, 1.54) is 12.4 Å². The van der Waals surface area contributed by atoms with Crippen molar-refractivity contribution in [3.8, 4) is 34.1 Å². The van der Waals surface area contributed by atoms with Gasteiger partial charge in [0, 0.05) is 48.2 Å². The van der Waals surface area contributed by atoms with Gasteiger partial charge in [0.15, 0.2) is 11.5 Å². The van der Waals surface area contributed by atoms with Crippen molar-refractivity contribution in [2.45, 2.75) is 32.2 Å². The van der Waals surface area contributed by atoms with Crippen LogP contribution in [0.25, 0.3) is 28.3 Å². The number of benzene rings is 1. The van der Waals surface area contributed by atoms with Crippen LogP contribution in [0.3, 0.4) is 0 Å². The zero-order valence-corrected chi connectivity index (χ0v) is 21.5. The molecule has 0 saturated carbocycles. The number of imidazole rings is 1. The third kappa shape index (κ3) is 3.76. The number of ether oxygens (including phenoxy) is 2. The predicted octanol–water partition coefficient (Wildman–Crippen LogP) is 3.64. The quantitative estimate of drug-likeness (QED) is 0.425. The molecule has 5 heterocycles. The van der Waals surface area contributed by atoms with Gasteiger partial charge in [-0.05, 0) is 56.5 Å². The number of fused-ring (bicyclic) bond motifs is 3. The van der Waals surface area contributed by atoms with Crippen molar-refractivity contribution in [1.29, 1.82) is 0 Å². The number of aryl methyl sites for hydroxylation is 3. The normalized spacial score (nSPS) is 17.9. The molecule has 1 saturated heterocycles. The van der Waals surface area contributed by atoms with Gasteiger partial charge in [-0.3, -0.25) is 14.0 Å². The van der Waals surface area contributed by atoms with Crippen LogP contribution in [-0.4, -0.2) is 67.1 Å². The largest absolute Gasteiger partial charge is 0.496 e. The number of hydrogen-bond acceptors (Lipinski definition) is 5. The molecule has 3 aromatic heterocycles. The highest BCUT2D eigenvalue weighted by atomic mass is 16.5. The van der Waals surface area contributed by atoms with Crippen LogP contribution in [0.15, 0.2) is 42.9 Å². The molecule has 1 fully saturated rings. The standard InChI is InChI=1S/C28H32N6O3/c1-28(2)17-37-12-11-33(28)27(35)25-21-9-8-18-13-24(36-5)20(19-15-29-32(4)16-19)14-23(18)34(21)26(30-25)22-7-6-10-31(22)3/h6-7,10,13-16H,8-9,11-12,17H2,1-5H3/i4D3. The molecule has 4 aromatic rings. The van der Waals surface area contributed by atoms with E-state index in [0.717, 1.165) is 27.3 Å². The van der Waals surface area contributed by atoms with Crippen molar-refractivity contribution in [2.24, 2.45) is 14.0 Å². The first-order valence-electron chi connectivity index (χ1n) is 13.9. The van der Waals surface area contributed by atoms with Crippen molar-refractivity contribution in [2.75, 3.05) is 26.9 Å². The lowest BCUT2D eigenvalue weighted by atomic mass is 9.95. The molecule has 0 spiro atoms. The molecule has 0 aliphatic carbocycles. The first-order valence-corrected chi connectivity index (χ1v) is 12.4. The summed E-state index contributed by atoms with van der Waals surface area (Å²) in [4.78, 5) is 20.9. The van der Waals surface area contributed by atoms with Gasteiger partial charge >= 0.3 is 0 Å². The van der Waals surface area contributed by atoms with Crippen molar-refractivity contribution in [1.82, 2.24) is 28.8 Å². The van der Waals surface area contributed by atoms with E-state index >= 15 is 0 Å². The molecule has 192 valence electrons. The maximum Gasteiger partial charge on any atom is 0.274 e. The van der Waals surface area contributed by atoms with Gasteiger partial charge < -0.3 is 18.9 Å². The smallest absolute Gasteiger partial charge is 0.274 e. The average Bonchev–Trinajstić information content (AvgIpc) is 3.65. The number of morpholine rings is 1. The summed E-state index contributed by atoms with van der Waals surface area (Å²) in [6.07, 6.45) is 6.32. The zero-order chi connectivity index (χ0) is 28.4. The molecule has 0 radical (unpaired) electrons. The number of carbonyl (C=O) groups excluding carboxylic acids is 1. The predicted molar refractivity (Wildman–Crippen MR) is 140 cm³/mol. The van der Waals surface area contributed by atoms with E-state index in [-0.39, 0.29) is 5.91 Å². The molecular weight excluding hydrogens is 468 g/mol. The molecule has 9 nitrogen and oxygen atoms in total. The Kier molecular flexibility index (Phi) is 4.72. The maximum atomic E-state index is 14.1. The Bertz CT molecular complexity index is 1610. The number of methoxy groups -OCH3 is 1. The summed E-state index contributed by atoms with van der Waals surface area (Å²) in [5.41, 5.74) is 4.98. The molecule has 1 amide bonds. The summed E-state index contributed by atoms with van der Waals surface area (Å²) >= 11 is 0. The number of aromatic nitrogens is 5. The Morgan fingerprint density at radius 3 is 2.84 bits per heavy atom. The van der Waals surface area contributed by atoms with E-state index in [0.29, 0.717) is 61.0 Å². The summed E-state index contributed by atoms with van der Waals surface area (Å²) in [6, 6.07) is 7.91. The maximum absolute atomic E-state index is 14.1. The fraction of sp³-hybridized carbons (Fsp3) is 0.393. The van der Waals surface area contributed by atoms with Crippen molar-refractivity contribution >= 4 is 5.91 Å². The van der Waals surface area contributed by atoms with Gasteiger partial charge in [-0.2, -0.15) is 5.10 Å². The van der Waals surface area contributed by atoms with Gasteiger partial charge in [-0.15, -0.1) is 0 Å². The number of hydrogen-bond donors (Lipinski definition) is 0. The topological polar surface area (TPSA) is 79.3 Å². The van der Waals surface area contributed by atoms with Crippen LogP contribution in [0.2, 0.25) is 0 Å². The van der Waals surface area contributed by atoms with Gasteiger partial charge in [0.25, 0.3) is 5.91 Å². The van der Waals surface area contributed by atoms with Crippen LogP contribution >= 0.6 is 0 Å². The lowest BCUT2D eigenvalue weighted by molar-refractivity contribution is -0.0373. The van der Waals surface area contributed by atoms with Crippen LogP contribution in [0, 0.1) is 0 Å². The van der Waals surface area contributed by atoms with E-state index in [1.54, 1.807) is 7.11 Å². The first-order chi connectivity index (χ1) is 19.0. The summed E-state index contributed by atoms with van der Waals surface area (Å²) in [5, 5.41) is 4.07. The van der Waals surface area contributed by atoms with E-state index < -0.39 is 12.5 Å². The van der Waals surface area contributed by atoms with E-state index in [1.807, 2.05) is 60.8 Å². The lowest BCUT2D eigenvalue weighted by Gasteiger charge is -2.41. The Hall–Kier alpha value is -3.85. The Labute approximate surface area is 220 Å². The second kappa shape index (κ2) is 8.62. The van der Waals surface area contributed by atoms with Gasteiger partial charge in [0.2, 0.25) is 0 Å². The number of rotatable bonds is 4. The highest BCUT2D eigenvalue weighted by molar-refractivity contribution is 5.95. The van der Waals surface area contributed by atoms with E-state index in [2.05, 4.69) is 9.67 Å². The minimum atomic E-state index is -2.39. The van der Waals surface area contributed by atoms with Gasteiger partial charge in [-0.25, -0.2) is 4.98 Å². The molecule has 0 N–H and O–H groups in total. The zero-order valence-electron chi connectivity index (χ0n) is 24.5. The molecule has 0 atom stereocenters. The van der Waals surface area contributed by atoms with Gasteiger partial charge in [0.05, 0.1) is 49.1 Å². The van der Waals surface area contributed by atoms with E-state index in [9.17, 15) is 4.79 Å². The number of amides is 1. The number of nitrogens with zero attached hydrogens (tertiary/aromatic N) is 6. The lowest BCUT2D eigenvalue weighted by Crippen LogP contribution is -2.55. The average molecular weight is 504 g/mol. The van der Waals surface area contributed by atoms with E-state index in [4.69, 9.17) is 18.6 Å². The van der Waals surface area contributed by atoms with Crippen LogP contribution < -0.4 is 4.74 Å². The molecule has 0 unspecified atom stereocenters. The molecule has 6 rings (SSSR count). The minimum absolute atomic E-state index is 0.103. The Balaban J connectivity index is 1.55. The Morgan fingerprint density at radius 1 is 1.27 bits per heavy atom. The van der Waals surface area contributed by atoms with Crippen molar-refractivity contribution in [3.05, 3.63) is 59.8 Å². The second-order valence-electron chi connectivity index (χ2n) is 10.2. The van der Waals surface area contributed by atoms with Gasteiger partial charge in [-0.1, -0.05) is 0 Å². The third-order valence-electron chi connectivity index (χ3n) is 7.40. The third-order valence-corrected chi connectivity index (χ3v) is 7.40. The molecule has 9 heteroatoms. The highest BCUT2D eigenvalue weighted by Gasteiger charge is 2.38. The molecule has 2 aliphatic rings. The second-order valence-corrected chi connectivity index (χ2v) is 10.2.